The summed E-state index contributed by atoms with van der Waals surface area (Å²) in [6.07, 6.45) is 1.14. The summed E-state index contributed by atoms with van der Waals surface area (Å²) in [6.45, 7) is 0.413. The predicted molar refractivity (Wildman–Crippen MR) is 87.3 cm³/mol. The van der Waals surface area contributed by atoms with Gasteiger partial charge in [-0.2, -0.15) is 22.0 Å². The van der Waals surface area contributed by atoms with Crippen LogP contribution in [0.15, 0.2) is 12.2 Å². The average molecular weight is 406 g/mol. The molecule has 4 fully saturated rings. The van der Waals surface area contributed by atoms with E-state index < -0.39 is 41.8 Å². The SMILES string of the molecule is CC(=O)OC1(C2CC3CC2C2C4C=CC(C4)C32)COC(C)(C(F)(F)F)C1(F)F. The number of fused-ring (bicyclic) bond motifs is 9. The molecule has 0 spiro atoms. The van der Waals surface area contributed by atoms with Gasteiger partial charge in [-0.1, -0.05) is 12.2 Å². The highest BCUT2D eigenvalue weighted by atomic mass is 19.4. The van der Waals surface area contributed by atoms with Gasteiger partial charge in [0.15, 0.2) is 0 Å². The topological polar surface area (TPSA) is 35.5 Å². The Hall–Kier alpha value is -1.18. The number of hydrogen-bond donors (Lipinski definition) is 0. The molecule has 1 heterocycles. The van der Waals surface area contributed by atoms with Gasteiger partial charge >= 0.3 is 18.1 Å². The summed E-state index contributed by atoms with van der Waals surface area (Å²) in [5.41, 5.74) is -6.25. The predicted octanol–water partition coefficient (Wildman–Crippen LogP) is 4.37. The Kier molecular flexibility index (Phi) is 3.56. The Labute approximate surface area is 159 Å². The maximum atomic E-state index is 15.5. The molecule has 156 valence electrons. The smallest absolute Gasteiger partial charge is 0.423 e. The number of esters is 1. The van der Waals surface area contributed by atoms with Crippen molar-refractivity contribution in [3.8, 4) is 0 Å². The Balaban J connectivity index is 1.56. The number of halogens is 5. The first-order chi connectivity index (χ1) is 12.9. The Bertz CT molecular complexity index is 749. The van der Waals surface area contributed by atoms with Crippen LogP contribution in [0.5, 0.6) is 0 Å². The van der Waals surface area contributed by atoms with Gasteiger partial charge in [0.05, 0.1) is 6.61 Å². The number of ether oxygens (including phenoxy) is 2. The van der Waals surface area contributed by atoms with E-state index in [2.05, 4.69) is 12.2 Å². The van der Waals surface area contributed by atoms with Crippen molar-refractivity contribution in [3.63, 3.8) is 0 Å². The van der Waals surface area contributed by atoms with Crippen molar-refractivity contribution in [2.75, 3.05) is 6.61 Å². The van der Waals surface area contributed by atoms with Gasteiger partial charge in [0.2, 0.25) is 11.2 Å². The lowest BCUT2D eigenvalue weighted by Gasteiger charge is -2.47. The number of carbonyl (C=O) groups is 1. The molecule has 5 aliphatic rings. The van der Waals surface area contributed by atoms with Crippen LogP contribution in [0.3, 0.4) is 0 Å². The molecule has 3 saturated carbocycles. The largest absolute Gasteiger partial charge is 0.450 e. The normalized spacial score (nSPS) is 53.0. The third-order valence-corrected chi connectivity index (χ3v) is 8.44. The quantitative estimate of drug-likeness (QED) is 0.296. The first-order valence-electron chi connectivity index (χ1n) is 9.89. The van der Waals surface area contributed by atoms with Crippen LogP contribution in [0.4, 0.5) is 22.0 Å². The maximum absolute atomic E-state index is 15.5. The molecule has 4 bridgehead atoms. The molecule has 0 radical (unpaired) electrons. The van der Waals surface area contributed by atoms with Gasteiger partial charge in [0, 0.05) is 12.8 Å². The average Bonchev–Trinajstić information content (AvgIpc) is 3.35. The van der Waals surface area contributed by atoms with Crippen molar-refractivity contribution in [2.24, 2.45) is 41.4 Å². The third kappa shape index (κ3) is 1.96. The molecule has 0 aromatic heterocycles. The van der Waals surface area contributed by atoms with E-state index in [9.17, 15) is 18.0 Å². The van der Waals surface area contributed by atoms with Crippen LogP contribution in [0.1, 0.15) is 33.1 Å². The minimum atomic E-state index is -5.28. The van der Waals surface area contributed by atoms with Crippen molar-refractivity contribution < 1.29 is 36.2 Å². The maximum Gasteiger partial charge on any atom is 0.423 e. The van der Waals surface area contributed by atoms with Crippen LogP contribution in [-0.2, 0) is 14.3 Å². The van der Waals surface area contributed by atoms with E-state index in [1.54, 1.807) is 0 Å². The minimum absolute atomic E-state index is 0.167. The van der Waals surface area contributed by atoms with Crippen LogP contribution < -0.4 is 0 Å². The Morgan fingerprint density at radius 1 is 1.11 bits per heavy atom. The molecular weight excluding hydrogens is 383 g/mol. The van der Waals surface area contributed by atoms with Gasteiger partial charge < -0.3 is 9.47 Å². The summed E-state index contributed by atoms with van der Waals surface area (Å²) < 4.78 is 81.7. The van der Waals surface area contributed by atoms with E-state index in [0.29, 0.717) is 31.1 Å². The minimum Gasteiger partial charge on any atom is -0.450 e. The van der Waals surface area contributed by atoms with Crippen LogP contribution in [0.25, 0.3) is 0 Å². The second-order valence-electron chi connectivity index (χ2n) is 9.48. The second-order valence-corrected chi connectivity index (χ2v) is 9.48. The van der Waals surface area contributed by atoms with Gasteiger partial charge in [-0.25, -0.2) is 0 Å². The lowest BCUT2D eigenvalue weighted by atomic mass is 9.63. The van der Waals surface area contributed by atoms with E-state index >= 15 is 8.78 Å². The molecule has 3 nitrogen and oxygen atoms in total. The summed E-state index contributed by atoms with van der Waals surface area (Å²) in [5, 5.41) is 0. The van der Waals surface area contributed by atoms with Crippen molar-refractivity contribution in [2.45, 2.75) is 56.4 Å². The molecule has 5 rings (SSSR count). The number of carbonyl (C=O) groups excluding carboxylic acids is 1. The van der Waals surface area contributed by atoms with Crippen molar-refractivity contribution in [1.29, 1.82) is 0 Å². The van der Waals surface area contributed by atoms with Crippen molar-refractivity contribution >= 4 is 5.97 Å². The lowest BCUT2D eigenvalue weighted by molar-refractivity contribution is -0.326. The molecule has 28 heavy (non-hydrogen) atoms. The van der Waals surface area contributed by atoms with E-state index in [1.807, 2.05) is 0 Å². The summed E-state index contributed by atoms with van der Waals surface area (Å²) in [5.74, 6) is -4.79. The Morgan fingerprint density at radius 3 is 2.32 bits per heavy atom. The van der Waals surface area contributed by atoms with Crippen molar-refractivity contribution in [3.05, 3.63) is 12.2 Å². The van der Waals surface area contributed by atoms with Gasteiger partial charge in [-0.3, -0.25) is 4.79 Å². The zero-order valence-corrected chi connectivity index (χ0v) is 15.6. The van der Waals surface area contributed by atoms with Gasteiger partial charge in [-0.05, 0) is 61.7 Å². The van der Waals surface area contributed by atoms with E-state index in [0.717, 1.165) is 19.8 Å². The highest BCUT2D eigenvalue weighted by Crippen LogP contribution is 2.71. The molecule has 0 aromatic rings. The molecular formula is C20H23F5O3. The van der Waals surface area contributed by atoms with E-state index in [1.165, 1.54) is 0 Å². The molecule has 0 aromatic carbocycles. The molecule has 1 aliphatic heterocycles. The molecule has 4 aliphatic carbocycles. The van der Waals surface area contributed by atoms with Crippen LogP contribution in [0.2, 0.25) is 0 Å². The summed E-state index contributed by atoms with van der Waals surface area (Å²) >= 11 is 0. The second kappa shape index (κ2) is 5.29. The van der Waals surface area contributed by atoms with Crippen LogP contribution >= 0.6 is 0 Å². The van der Waals surface area contributed by atoms with E-state index in [-0.39, 0.29) is 17.8 Å². The molecule has 9 atom stereocenters. The zero-order chi connectivity index (χ0) is 20.3. The first kappa shape index (κ1) is 18.8. The standard InChI is InChI=1S/C20H23F5O3/c1-9(26)28-18(8-27-17(2,19(18,21)22)20(23,24)25)14-7-12-6-13(14)16-11-4-3-10(5-11)15(12)16/h3-4,10-16H,5-8H2,1-2H3. The first-order valence-corrected chi connectivity index (χ1v) is 9.89. The highest BCUT2D eigenvalue weighted by Gasteiger charge is 2.84. The number of allylic oxidation sites excluding steroid dienone is 2. The van der Waals surface area contributed by atoms with Crippen molar-refractivity contribution in [1.82, 2.24) is 0 Å². The number of hydrogen-bond acceptors (Lipinski definition) is 3. The fraction of sp³-hybridized carbons (Fsp3) is 0.850. The van der Waals surface area contributed by atoms with Crippen LogP contribution in [0, 0.1) is 41.4 Å². The lowest BCUT2D eigenvalue weighted by Crippen LogP contribution is -2.66. The summed E-state index contributed by atoms with van der Waals surface area (Å²) in [7, 11) is 0. The molecule has 0 amide bonds. The molecule has 0 N–H and O–H groups in total. The fourth-order valence-electron chi connectivity index (χ4n) is 7.41. The van der Waals surface area contributed by atoms with Gasteiger partial charge in [0.25, 0.3) is 0 Å². The third-order valence-electron chi connectivity index (χ3n) is 8.44. The zero-order valence-electron chi connectivity index (χ0n) is 15.6. The van der Waals surface area contributed by atoms with Gasteiger partial charge in [-0.15, -0.1) is 0 Å². The molecule has 9 unspecified atom stereocenters. The molecule has 1 saturated heterocycles. The highest BCUT2D eigenvalue weighted by molar-refractivity contribution is 5.67. The summed E-state index contributed by atoms with van der Waals surface area (Å²) in [4.78, 5) is 11.8. The summed E-state index contributed by atoms with van der Waals surface area (Å²) in [6, 6.07) is 0. The fourth-order valence-corrected chi connectivity index (χ4v) is 7.41. The monoisotopic (exact) mass is 406 g/mol. The van der Waals surface area contributed by atoms with E-state index in [4.69, 9.17) is 9.47 Å². The number of alkyl halides is 5. The van der Waals surface area contributed by atoms with Crippen LogP contribution in [-0.4, -0.2) is 35.9 Å². The molecule has 8 heteroatoms. The van der Waals surface area contributed by atoms with Gasteiger partial charge in [0.1, 0.15) is 0 Å². The number of rotatable bonds is 2. The Morgan fingerprint density at radius 2 is 1.75 bits per heavy atom.